The monoisotopic (exact) mass is 328 g/mol. The molecule has 2 rings (SSSR count). The SMILES string of the molecule is N=C(N)c1ccc(COc2c(Cl)cc(Cl)cc2Cl)cc1. The van der Waals surface area contributed by atoms with Crippen molar-refractivity contribution in [3.63, 3.8) is 0 Å². The molecule has 0 fully saturated rings. The van der Waals surface area contributed by atoms with Crippen molar-refractivity contribution in [1.82, 2.24) is 0 Å². The van der Waals surface area contributed by atoms with Crippen LogP contribution < -0.4 is 10.5 Å². The van der Waals surface area contributed by atoms with Crippen LogP contribution in [0.5, 0.6) is 5.75 Å². The molecule has 0 aliphatic carbocycles. The van der Waals surface area contributed by atoms with Crippen molar-refractivity contribution in [2.45, 2.75) is 6.61 Å². The van der Waals surface area contributed by atoms with E-state index in [9.17, 15) is 0 Å². The predicted molar refractivity (Wildman–Crippen MR) is 83.3 cm³/mol. The Morgan fingerprint density at radius 3 is 2.10 bits per heavy atom. The standard InChI is InChI=1S/C14H11Cl3N2O/c15-10-5-11(16)13(12(17)6-10)20-7-8-1-3-9(4-2-8)14(18)19/h1-6H,7H2,(H3,18,19). The third-order valence-electron chi connectivity index (χ3n) is 2.61. The highest BCUT2D eigenvalue weighted by molar-refractivity contribution is 6.40. The van der Waals surface area contributed by atoms with Crippen LogP contribution in [-0.4, -0.2) is 5.84 Å². The van der Waals surface area contributed by atoms with Crippen molar-refractivity contribution in [3.8, 4) is 5.75 Å². The molecule has 0 saturated carbocycles. The Morgan fingerprint density at radius 1 is 1.05 bits per heavy atom. The van der Waals surface area contributed by atoms with Gasteiger partial charge < -0.3 is 10.5 Å². The second-order valence-corrected chi connectivity index (χ2v) is 5.35. The number of amidine groups is 1. The first-order valence-electron chi connectivity index (χ1n) is 5.68. The fourth-order valence-corrected chi connectivity index (χ4v) is 2.53. The van der Waals surface area contributed by atoms with Crippen molar-refractivity contribution in [2.75, 3.05) is 0 Å². The summed E-state index contributed by atoms with van der Waals surface area (Å²) in [6.45, 7) is 0.305. The van der Waals surface area contributed by atoms with Gasteiger partial charge in [0, 0.05) is 10.6 Å². The number of ether oxygens (including phenoxy) is 1. The summed E-state index contributed by atoms with van der Waals surface area (Å²) >= 11 is 17.9. The molecule has 0 unspecified atom stereocenters. The zero-order valence-corrected chi connectivity index (χ0v) is 12.6. The van der Waals surface area contributed by atoms with Crippen LogP contribution in [0.25, 0.3) is 0 Å². The van der Waals surface area contributed by atoms with Gasteiger partial charge in [-0.3, -0.25) is 5.41 Å². The molecule has 104 valence electrons. The summed E-state index contributed by atoms with van der Waals surface area (Å²) in [6.07, 6.45) is 0. The van der Waals surface area contributed by atoms with Gasteiger partial charge in [0.05, 0.1) is 10.0 Å². The van der Waals surface area contributed by atoms with Gasteiger partial charge in [0.1, 0.15) is 12.4 Å². The van der Waals surface area contributed by atoms with E-state index in [1.165, 1.54) is 0 Å². The molecule has 2 aromatic rings. The summed E-state index contributed by atoms with van der Waals surface area (Å²) in [5.74, 6) is 0.426. The maximum Gasteiger partial charge on any atom is 0.157 e. The Balaban J connectivity index is 2.11. The summed E-state index contributed by atoms with van der Waals surface area (Å²) in [4.78, 5) is 0. The minimum atomic E-state index is 0.0289. The number of hydrogen-bond acceptors (Lipinski definition) is 2. The van der Waals surface area contributed by atoms with Gasteiger partial charge in [0.25, 0.3) is 0 Å². The molecule has 2 aromatic carbocycles. The molecular formula is C14H11Cl3N2O. The summed E-state index contributed by atoms with van der Waals surface area (Å²) in [6, 6.07) is 10.3. The topological polar surface area (TPSA) is 59.1 Å². The van der Waals surface area contributed by atoms with Gasteiger partial charge in [-0.25, -0.2) is 0 Å². The molecule has 3 N–H and O–H groups in total. The van der Waals surface area contributed by atoms with E-state index < -0.39 is 0 Å². The molecule has 6 heteroatoms. The first-order chi connectivity index (χ1) is 9.47. The first kappa shape index (κ1) is 15.0. The predicted octanol–water partition coefficient (Wildman–Crippen LogP) is 4.51. The molecule has 0 atom stereocenters. The molecule has 0 bridgehead atoms. The molecule has 0 heterocycles. The molecule has 0 radical (unpaired) electrons. The van der Waals surface area contributed by atoms with E-state index in [0.717, 1.165) is 5.56 Å². The number of hydrogen-bond donors (Lipinski definition) is 2. The zero-order chi connectivity index (χ0) is 14.7. The van der Waals surface area contributed by atoms with E-state index in [-0.39, 0.29) is 5.84 Å². The summed E-state index contributed by atoms with van der Waals surface area (Å²) in [5, 5.41) is 8.50. The number of benzene rings is 2. The highest BCUT2D eigenvalue weighted by atomic mass is 35.5. The van der Waals surface area contributed by atoms with Crippen LogP contribution in [0.3, 0.4) is 0 Å². The molecular weight excluding hydrogens is 319 g/mol. The minimum Gasteiger partial charge on any atom is -0.486 e. The fourth-order valence-electron chi connectivity index (χ4n) is 1.60. The Labute approximate surface area is 131 Å². The second kappa shape index (κ2) is 6.35. The van der Waals surface area contributed by atoms with Gasteiger partial charge >= 0.3 is 0 Å². The van der Waals surface area contributed by atoms with Crippen LogP contribution >= 0.6 is 34.8 Å². The highest BCUT2D eigenvalue weighted by Crippen LogP contribution is 2.36. The minimum absolute atomic E-state index is 0.0289. The van der Waals surface area contributed by atoms with Gasteiger partial charge in [-0.05, 0) is 17.7 Å². The lowest BCUT2D eigenvalue weighted by atomic mass is 10.1. The van der Waals surface area contributed by atoms with E-state index in [2.05, 4.69) is 0 Å². The van der Waals surface area contributed by atoms with Crippen molar-refractivity contribution in [2.24, 2.45) is 5.73 Å². The molecule has 0 aromatic heterocycles. The van der Waals surface area contributed by atoms with Crippen molar-refractivity contribution < 1.29 is 4.74 Å². The van der Waals surface area contributed by atoms with Crippen LogP contribution in [0.2, 0.25) is 15.1 Å². The van der Waals surface area contributed by atoms with Crippen molar-refractivity contribution >= 4 is 40.6 Å². The maximum atomic E-state index is 7.32. The molecule has 0 amide bonds. The quantitative estimate of drug-likeness (QED) is 0.640. The first-order valence-corrected chi connectivity index (χ1v) is 6.81. The van der Waals surface area contributed by atoms with Gasteiger partial charge in [-0.15, -0.1) is 0 Å². The largest absolute Gasteiger partial charge is 0.486 e. The molecule has 0 aliphatic rings. The number of nitrogens with two attached hydrogens (primary N) is 1. The summed E-state index contributed by atoms with van der Waals surface area (Å²) in [7, 11) is 0. The average molecular weight is 330 g/mol. The van der Waals surface area contributed by atoms with E-state index in [1.807, 2.05) is 12.1 Å². The normalized spacial score (nSPS) is 10.3. The van der Waals surface area contributed by atoms with Crippen molar-refractivity contribution in [1.29, 1.82) is 5.41 Å². The number of nitrogens with one attached hydrogen (secondary N) is 1. The third-order valence-corrected chi connectivity index (χ3v) is 3.39. The van der Waals surface area contributed by atoms with Gasteiger partial charge in [-0.2, -0.15) is 0 Å². The van der Waals surface area contributed by atoms with E-state index in [0.29, 0.717) is 33.0 Å². The van der Waals surface area contributed by atoms with E-state index >= 15 is 0 Å². The number of halogens is 3. The lowest BCUT2D eigenvalue weighted by molar-refractivity contribution is 0.306. The van der Waals surface area contributed by atoms with Crippen LogP contribution in [-0.2, 0) is 6.61 Å². The number of rotatable bonds is 4. The second-order valence-electron chi connectivity index (χ2n) is 4.10. The Kier molecular flexibility index (Phi) is 4.76. The van der Waals surface area contributed by atoms with Crippen LogP contribution in [0.1, 0.15) is 11.1 Å². The lowest BCUT2D eigenvalue weighted by Crippen LogP contribution is -2.10. The van der Waals surface area contributed by atoms with E-state index in [1.54, 1.807) is 24.3 Å². The van der Waals surface area contributed by atoms with Crippen LogP contribution in [0.15, 0.2) is 36.4 Å². The molecule has 0 aliphatic heterocycles. The molecule has 0 spiro atoms. The van der Waals surface area contributed by atoms with Crippen LogP contribution in [0, 0.1) is 5.41 Å². The molecule has 0 saturated heterocycles. The summed E-state index contributed by atoms with van der Waals surface area (Å²) in [5.41, 5.74) is 6.96. The molecule has 3 nitrogen and oxygen atoms in total. The third kappa shape index (κ3) is 3.57. The smallest absolute Gasteiger partial charge is 0.157 e. The number of nitrogen functional groups attached to an aromatic ring is 1. The summed E-state index contributed by atoms with van der Waals surface area (Å²) < 4.78 is 5.60. The Bertz CT molecular complexity index is 618. The molecule has 20 heavy (non-hydrogen) atoms. The van der Waals surface area contributed by atoms with Gasteiger partial charge in [0.15, 0.2) is 5.75 Å². The maximum absolute atomic E-state index is 7.32. The highest BCUT2D eigenvalue weighted by Gasteiger charge is 2.09. The van der Waals surface area contributed by atoms with Gasteiger partial charge in [0.2, 0.25) is 0 Å². The van der Waals surface area contributed by atoms with Gasteiger partial charge in [-0.1, -0.05) is 59.1 Å². The average Bonchev–Trinajstić information content (AvgIpc) is 2.38. The van der Waals surface area contributed by atoms with Crippen molar-refractivity contribution in [3.05, 3.63) is 62.6 Å². The fraction of sp³-hybridized carbons (Fsp3) is 0.0714. The Hall–Kier alpha value is -1.42. The zero-order valence-electron chi connectivity index (χ0n) is 10.3. The lowest BCUT2D eigenvalue weighted by Gasteiger charge is -2.10. The van der Waals surface area contributed by atoms with E-state index in [4.69, 9.17) is 50.7 Å². The Morgan fingerprint density at radius 2 is 1.60 bits per heavy atom. The van der Waals surface area contributed by atoms with Crippen LogP contribution in [0.4, 0.5) is 0 Å².